The van der Waals surface area contributed by atoms with Gasteiger partial charge in [0.1, 0.15) is 0 Å². The number of para-hydroxylation sites is 1. The Kier molecular flexibility index (Phi) is 5.95. The van der Waals surface area contributed by atoms with Crippen molar-refractivity contribution >= 4 is 28.8 Å². The number of likely N-dealkylation sites (tertiary alicyclic amines) is 1. The molecule has 0 atom stereocenters. The first kappa shape index (κ1) is 19.0. The molecule has 148 valence electrons. The monoisotopic (exact) mass is 397 g/mol. The summed E-state index contributed by atoms with van der Waals surface area (Å²) in [7, 11) is 0. The first-order valence-corrected chi connectivity index (χ1v) is 11.1. The van der Waals surface area contributed by atoms with Gasteiger partial charge in [0.25, 0.3) is 11.8 Å². The van der Waals surface area contributed by atoms with Crippen LogP contribution in [0, 0.1) is 0 Å². The summed E-state index contributed by atoms with van der Waals surface area (Å²) < 4.78 is 0. The molecule has 2 aromatic rings. The average molecular weight is 398 g/mol. The molecular formula is C22H27N3O2S. The maximum absolute atomic E-state index is 13.0. The first-order chi connectivity index (χ1) is 13.7. The van der Waals surface area contributed by atoms with Gasteiger partial charge in [0.2, 0.25) is 0 Å². The van der Waals surface area contributed by atoms with Gasteiger partial charge in [0.15, 0.2) is 0 Å². The molecule has 0 aliphatic carbocycles. The lowest BCUT2D eigenvalue weighted by Crippen LogP contribution is -2.45. The predicted octanol–water partition coefficient (Wildman–Crippen LogP) is 3.77. The number of carbonyl (C=O) groups excluding carboxylic acids is 2. The first-order valence-electron chi connectivity index (χ1n) is 10.2. The van der Waals surface area contributed by atoms with Crippen LogP contribution >= 0.6 is 11.3 Å². The number of anilines is 1. The Balaban J connectivity index is 1.39. The molecule has 6 heteroatoms. The molecule has 0 spiro atoms. The SMILES string of the molecule is O=C(NC1CCN(c2ccccc2C(=O)N2CCCCC2)CC1)c1cccs1. The maximum Gasteiger partial charge on any atom is 0.261 e. The van der Waals surface area contributed by atoms with Crippen molar-refractivity contribution in [3.8, 4) is 0 Å². The Morgan fingerprint density at radius 1 is 0.929 bits per heavy atom. The molecule has 2 saturated heterocycles. The Labute approximate surface area is 170 Å². The van der Waals surface area contributed by atoms with E-state index in [4.69, 9.17) is 0 Å². The van der Waals surface area contributed by atoms with E-state index in [1.165, 1.54) is 17.8 Å². The lowest BCUT2D eigenvalue weighted by molar-refractivity contribution is 0.0724. The number of nitrogens with zero attached hydrogens (tertiary/aromatic N) is 2. The van der Waals surface area contributed by atoms with Gasteiger partial charge in [-0.2, -0.15) is 0 Å². The van der Waals surface area contributed by atoms with Crippen molar-refractivity contribution in [3.63, 3.8) is 0 Å². The molecule has 1 N–H and O–H groups in total. The fourth-order valence-electron chi connectivity index (χ4n) is 4.13. The van der Waals surface area contributed by atoms with Gasteiger partial charge in [0, 0.05) is 37.9 Å². The number of carbonyl (C=O) groups is 2. The molecule has 3 heterocycles. The van der Waals surface area contributed by atoms with Crippen LogP contribution in [0.5, 0.6) is 0 Å². The number of hydrogen-bond donors (Lipinski definition) is 1. The topological polar surface area (TPSA) is 52.7 Å². The van der Waals surface area contributed by atoms with Gasteiger partial charge in [0.05, 0.1) is 10.4 Å². The largest absolute Gasteiger partial charge is 0.371 e. The third-order valence-electron chi connectivity index (χ3n) is 5.69. The third kappa shape index (κ3) is 4.22. The zero-order chi connectivity index (χ0) is 19.3. The number of benzene rings is 1. The summed E-state index contributed by atoms with van der Waals surface area (Å²) in [6, 6.07) is 11.9. The lowest BCUT2D eigenvalue weighted by atomic mass is 10.0. The molecule has 4 rings (SSSR count). The normalized spacial score (nSPS) is 18.1. The number of nitrogens with one attached hydrogen (secondary N) is 1. The molecule has 2 fully saturated rings. The van der Waals surface area contributed by atoms with Crippen molar-refractivity contribution in [1.82, 2.24) is 10.2 Å². The second-order valence-electron chi connectivity index (χ2n) is 7.58. The zero-order valence-electron chi connectivity index (χ0n) is 16.1. The summed E-state index contributed by atoms with van der Waals surface area (Å²) in [5.74, 6) is 0.178. The van der Waals surface area contributed by atoms with E-state index in [0.29, 0.717) is 0 Å². The minimum Gasteiger partial charge on any atom is -0.371 e. The summed E-state index contributed by atoms with van der Waals surface area (Å²) in [5.41, 5.74) is 1.84. The third-order valence-corrected chi connectivity index (χ3v) is 6.56. The molecule has 0 saturated carbocycles. The van der Waals surface area contributed by atoms with Crippen molar-refractivity contribution in [3.05, 3.63) is 52.2 Å². The van der Waals surface area contributed by atoms with E-state index in [1.807, 2.05) is 40.6 Å². The van der Waals surface area contributed by atoms with E-state index < -0.39 is 0 Å². The van der Waals surface area contributed by atoms with Crippen molar-refractivity contribution in [2.75, 3.05) is 31.1 Å². The molecule has 2 amide bonds. The quantitative estimate of drug-likeness (QED) is 0.854. The van der Waals surface area contributed by atoms with Crippen molar-refractivity contribution < 1.29 is 9.59 Å². The van der Waals surface area contributed by atoms with Crippen LogP contribution in [0.4, 0.5) is 5.69 Å². The van der Waals surface area contributed by atoms with Gasteiger partial charge in [-0.05, 0) is 55.7 Å². The van der Waals surface area contributed by atoms with Gasteiger partial charge >= 0.3 is 0 Å². The smallest absolute Gasteiger partial charge is 0.261 e. The summed E-state index contributed by atoms with van der Waals surface area (Å²) >= 11 is 1.47. The number of hydrogen-bond acceptors (Lipinski definition) is 4. The van der Waals surface area contributed by atoms with E-state index in [-0.39, 0.29) is 17.9 Å². The maximum atomic E-state index is 13.0. The van der Waals surface area contributed by atoms with E-state index >= 15 is 0 Å². The molecule has 1 aromatic heterocycles. The van der Waals surface area contributed by atoms with Crippen LogP contribution in [-0.4, -0.2) is 48.9 Å². The highest BCUT2D eigenvalue weighted by molar-refractivity contribution is 7.12. The minimum atomic E-state index is 0.0223. The van der Waals surface area contributed by atoms with E-state index in [0.717, 1.165) is 68.0 Å². The van der Waals surface area contributed by atoms with Crippen molar-refractivity contribution in [1.29, 1.82) is 0 Å². The van der Waals surface area contributed by atoms with E-state index in [1.54, 1.807) is 0 Å². The van der Waals surface area contributed by atoms with Gasteiger partial charge in [-0.25, -0.2) is 0 Å². The summed E-state index contributed by atoms with van der Waals surface area (Å²) in [6.45, 7) is 3.42. The molecule has 2 aliphatic heterocycles. The van der Waals surface area contributed by atoms with Crippen LogP contribution < -0.4 is 10.2 Å². The van der Waals surface area contributed by atoms with Gasteiger partial charge in [-0.15, -0.1) is 11.3 Å². The van der Waals surface area contributed by atoms with Crippen LogP contribution in [0.1, 0.15) is 52.1 Å². The minimum absolute atomic E-state index is 0.0223. The zero-order valence-corrected chi connectivity index (χ0v) is 16.9. The molecule has 2 aliphatic rings. The highest BCUT2D eigenvalue weighted by Crippen LogP contribution is 2.26. The molecule has 0 unspecified atom stereocenters. The Bertz CT molecular complexity index is 807. The van der Waals surface area contributed by atoms with Crippen LogP contribution in [0.2, 0.25) is 0 Å². The molecule has 1 aromatic carbocycles. The fourth-order valence-corrected chi connectivity index (χ4v) is 4.75. The van der Waals surface area contributed by atoms with E-state index in [9.17, 15) is 9.59 Å². The molecule has 0 radical (unpaired) electrons. The Morgan fingerprint density at radius 2 is 1.68 bits per heavy atom. The number of thiophene rings is 1. The average Bonchev–Trinajstić information content (AvgIpc) is 3.30. The Morgan fingerprint density at radius 3 is 2.39 bits per heavy atom. The van der Waals surface area contributed by atoms with Crippen molar-refractivity contribution in [2.24, 2.45) is 0 Å². The number of piperidine rings is 2. The molecular weight excluding hydrogens is 370 g/mol. The second kappa shape index (κ2) is 8.78. The van der Waals surface area contributed by atoms with Crippen LogP contribution in [0.3, 0.4) is 0 Å². The van der Waals surface area contributed by atoms with Crippen LogP contribution in [0.15, 0.2) is 41.8 Å². The predicted molar refractivity (Wildman–Crippen MR) is 113 cm³/mol. The highest BCUT2D eigenvalue weighted by atomic mass is 32.1. The van der Waals surface area contributed by atoms with Crippen LogP contribution in [0.25, 0.3) is 0 Å². The van der Waals surface area contributed by atoms with Gasteiger partial charge in [-0.1, -0.05) is 18.2 Å². The lowest BCUT2D eigenvalue weighted by Gasteiger charge is -2.35. The molecule has 0 bridgehead atoms. The molecule has 5 nitrogen and oxygen atoms in total. The summed E-state index contributed by atoms with van der Waals surface area (Å²) in [6.07, 6.45) is 5.20. The summed E-state index contributed by atoms with van der Waals surface area (Å²) in [5, 5.41) is 5.08. The van der Waals surface area contributed by atoms with Crippen LogP contribution in [-0.2, 0) is 0 Å². The number of amides is 2. The second-order valence-corrected chi connectivity index (χ2v) is 8.53. The van der Waals surface area contributed by atoms with Gasteiger partial charge in [-0.3, -0.25) is 9.59 Å². The van der Waals surface area contributed by atoms with Crippen molar-refractivity contribution in [2.45, 2.75) is 38.1 Å². The Hall–Kier alpha value is -2.34. The standard InChI is InChI=1S/C22H27N3O2S/c26-21(20-9-6-16-28-20)23-17-10-14-24(15-11-17)19-8-3-2-7-18(19)22(27)25-12-4-1-5-13-25/h2-3,6-9,16-17H,1,4-5,10-15H2,(H,23,26). The highest BCUT2D eigenvalue weighted by Gasteiger charge is 2.26. The van der Waals surface area contributed by atoms with E-state index in [2.05, 4.69) is 16.3 Å². The van der Waals surface area contributed by atoms with Gasteiger partial charge < -0.3 is 15.1 Å². The fraction of sp³-hybridized carbons (Fsp3) is 0.455. The summed E-state index contributed by atoms with van der Waals surface area (Å²) in [4.78, 5) is 30.4. The number of rotatable bonds is 4. The molecule has 28 heavy (non-hydrogen) atoms.